The predicted octanol–water partition coefficient (Wildman–Crippen LogP) is 0.827. The first kappa shape index (κ1) is 13.5. The molecule has 2 saturated heterocycles. The van der Waals surface area contributed by atoms with E-state index in [1.807, 2.05) is 4.90 Å². The lowest BCUT2D eigenvalue weighted by molar-refractivity contribution is 0.0699. The van der Waals surface area contributed by atoms with Gasteiger partial charge in [-0.15, -0.1) is 5.10 Å². The van der Waals surface area contributed by atoms with Crippen molar-refractivity contribution < 1.29 is 4.79 Å². The number of aryl methyl sites for hydroxylation is 1. The number of H-pyrrole nitrogens is 1. The fourth-order valence-corrected chi connectivity index (χ4v) is 3.65. The Hall–Kier alpha value is -1.43. The van der Waals surface area contributed by atoms with Crippen LogP contribution in [0, 0.1) is 11.8 Å². The van der Waals surface area contributed by atoms with E-state index in [9.17, 15) is 4.79 Å². The van der Waals surface area contributed by atoms with Crippen molar-refractivity contribution in [3.05, 3.63) is 11.6 Å². The Morgan fingerprint density at radius 3 is 3.00 bits per heavy atom. The number of fused-ring (bicyclic) bond motifs is 1. The highest BCUT2D eigenvalue weighted by Crippen LogP contribution is 2.34. The molecule has 3 rings (SSSR count). The van der Waals surface area contributed by atoms with Gasteiger partial charge in [0.1, 0.15) is 5.82 Å². The second kappa shape index (κ2) is 5.52. The Bertz CT molecular complexity index is 486. The van der Waals surface area contributed by atoms with E-state index < -0.39 is 0 Å². The zero-order valence-corrected chi connectivity index (χ0v) is 12.2. The first-order valence-electron chi connectivity index (χ1n) is 7.67. The van der Waals surface area contributed by atoms with E-state index in [4.69, 9.17) is 0 Å². The maximum atomic E-state index is 12.6. The second-order valence-corrected chi connectivity index (χ2v) is 5.87. The van der Waals surface area contributed by atoms with Gasteiger partial charge in [-0.3, -0.25) is 9.89 Å². The number of nitrogens with zero attached hydrogens (tertiary/aromatic N) is 3. The number of aromatic nitrogens is 3. The van der Waals surface area contributed by atoms with E-state index in [2.05, 4.69) is 34.3 Å². The Morgan fingerprint density at radius 2 is 2.25 bits per heavy atom. The molecule has 3 atom stereocenters. The SMILES string of the molecule is CCCc1nc(C(=O)N2CC3CNCC3C2CC)n[nH]1. The molecule has 110 valence electrons. The fraction of sp³-hybridized carbons (Fsp3) is 0.786. The van der Waals surface area contributed by atoms with Crippen LogP contribution in [-0.2, 0) is 6.42 Å². The van der Waals surface area contributed by atoms with Crippen LogP contribution in [0.3, 0.4) is 0 Å². The first-order valence-corrected chi connectivity index (χ1v) is 7.67. The smallest absolute Gasteiger partial charge is 0.293 e. The molecule has 0 saturated carbocycles. The molecule has 0 aliphatic carbocycles. The molecule has 20 heavy (non-hydrogen) atoms. The monoisotopic (exact) mass is 277 g/mol. The van der Waals surface area contributed by atoms with Crippen LogP contribution in [0.2, 0.25) is 0 Å². The molecule has 2 aliphatic heterocycles. The van der Waals surface area contributed by atoms with Crippen LogP contribution in [0.25, 0.3) is 0 Å². The molecule has 1 aromatic rings. The number of hydrogen-bond acceptors (Lipinski definition) is 4. The molecule has 1 amide bonds. The summed E-state index contributed by atoms with van der Waals surface area (Å²) in [6.07, 6.45) is 2.84. The van der Waals surface area contributed by atoms with Gasteiger partial charge in [0.2, 0.25) is 5.82 Å². The van der Waals surface area contributed by atoms with Gasteiger partial charge in [-0.1, -0.05) is 13.8 Å². The number of aromatic amines is 1. The fourth-order valence-electron chi connectivity index (χ4n) is 3.65. The summed E-state index contributed by atoms with van der Waals surface area (Å²) in [5.74, 6) is 2.32. The van der Waals surface area contributed by atoms with Crippen LogP contribution in [0.5, 0.6) is 0 Å². The highest BCUT2D eigenvalue weighted by molar-refractivity contribution is 5.91. The Balaban J connectivity index is 1.75. The third-order valence-corrected chi connectivity index (χ3v) is 4.61. The molecule has 3 heterocycles. The zero-order valence-electron chi connectivity index (χ0n) is 12.2. The first-order chi connectivity index (χ1) is 9.74. The van der Waals surface area contributed by atoms with Gasteiger partial charge in [0.15, 0.2) is 0 Å². The van der Waals surface area contributed by atoms with Gasteiger partial charge in [0, 0.05) is 32.1 Å². The van der Waals surface area contributed by atoms with Crippen LogP contribution >= 0.6 is 0 Å². The molecule has 6 nitrogen and oxygen atoms in total. The van der Waals surface area contributed by atoms with Crippen molar-refractivity contribution in [2.75, 3.05) is 19.6 Å². The van der Waals surface area contributed by atoms with E-state index in [0.717, 1.165) is 44.7 Å². The van der Waals surface area contributed by atoms with E-state index in [1.54, 1.807) is 0 Å². The summed E-state index contributed by atoms with van der Waals surface area (Å²) in [5, 5.41) is 10.4. The minimum atomic E-state index is -0.00940. The second-order valence-electron chi connectivity index (χ2n) is 5.87. The molecule has 0 bridgehead atoms. The van der Waals surface area contributed by atoms with E-state index in [-0.39, 0.29) is 5.91 Å². The minimum absolute atomic E-state index is 0.00940. The van der Waals surface area contributed by atoms with Crippen LogP contribution in [0.4, 0.5) is 0 Å². The summed E-state index contributed by atoms with van der Waals surface area (Å²) in [6.45, 7) is 7.15. The van der Waals surface area contributed by atoms with Crippen molar-refractivity contribution in [3.8, 4) is 0 Å². The van der Waals surface area contributed by atoms with Crippen molar-refractivity contribution in [3.63, 3.8) is 0 Å². The number of hydrogen-bond donors (Lipinski definition) is 2. The molecule has 0 spiro atoms. The summed E-state index contributed by atoms with van der Waals surface area (Å²) in [5.41, 5.74) is 0. The molecular weight excluding hydrogens is 254 g/mol. The lowest BCUT2D eigenvalue weighted by Crippen LogP contribution is -2.40. The van der Waals surface area contributed by atoms with Crippen LogP contribution in [0.1, 0.15) is 43.1 Å². The summed E-state index contributed by atoms with van der Waals surface area (Å²) in [6, 6.07) is 0.329. The number of amides is 1. The third-order valence-electron chi connectivity index (χ3n) is 4.61. The zero-order chi connectivity index (χ0) is 14.1. The summed E-state index contributed by atoms with van der Waals surface area (Å²) in [7, 11) is 0. The molecular formula is C14H23N5O. The van der Waals surface area contributed by atoms with Crippen molar-refractivity contribution in [1.82, 2.24) is 25.4 Å². The summed E-state index contributed by atoms with van der Waals surface area (Å²) < 4.78 is 0. The normalized spacial score (nSPS) is 28.9. The quantitative estimate of drug-likeness (QED) is 0.855. The topological polar surface area (TPSA) is 73.9 Å². The van der Waals surface area contributed by atoms with Crippen molar-refractivity contribution in [2.45, 2.75) is 39.2 Å². The van der Waals surface area contributed by atoms with Gasteiger partial charge in [-0.2, -0.15) is 0 Å². The Kier molecular flexibility index (Phi) is 3.74. The predicted molar refractivity (Wildman–Crippen MR) is 75.3 cm³/mol. The van der Waals surface area contributed by atoms with Gasteiger partial charge >= 0.3 is 0 Å². The molecule has 6 heteroatoms. The molecule has 2 N–H and O–H groups in total. The number of nitrogens with one attached hydrogen (secondary N) is 2. The van der Waals surface area contributed by atoms with Gasteiger partial charge in [-0.05, 0) is 24.7 Å². The largest absolute Gasteiger partial charge is 0.332 e. The summed E-state index contributed by atoms with van der Waals surface area (Å²) >= 11 is 0. The average molecular weight is 277 g/mol. The third kappa shape index (κ3) is 2.22. The summed E-state index contributed by atoms with van der Waals surface area (Å²) in [4.78, 5) is 19.0. The van der Waals surface area contributed by atoms with Crippen molar-refractivity contribution in [1.29, 1.82) is 0 Å². The lowest BCUT2D eigenvalue weighted by atomic mass is 9.93. The van der Waals surface area contributed by atoms with Crippen LogP contribution in [0.15, 0.2) is 0 Å². The molecule has 0 radical (unpaired) electrons. The van der Waals surface area contributed by atoms with Gasteiger partial charge in [0.25, 0.3) is 5.91 Å². The van der Waals surface area contributed by atoms with Crippen LogP contribution < -0.4 is 5.32 Å². The maximum Gasteiger partial charge on any atom is 0.293 e. The molecule has 1 aromatic heterocycles. The van der Waals surface area contributed by atoms with Crippen LogP contribution in [-0.4, -0.2) is 51.7 Å². The minimum Gasteiger partial charge on any atom is -0.332 e. The number of carbonyl (C=O) groups is 1. The molecule has 3 unspecified atom stereocenters. The Morgan fingerprint density at radius 1 is 1.40 bits per heavy atom. The van der Waals surface area contributed by atoms with E-state index >= 15 is 0 Å². The molecule has 0 aromatic carbocycles. The van der Waals surface area contributed by atoms with Crippen molar-refractivity contribution >= 4 is 5.91 Å². The molecule has 2 aliphatic rings. The van der Waals surface area contributed by atoms with Gasteiger partial charge in [-0.25, -0.2) is 4.98 Å². The van der Waals surface area contributed by atoms with Crippen molar-refractivity contribution in [2.24, 2.45) is 11.8 Å². The maximum absolute atomic E-state index is 12.6. The average Bonchev–Trinajstić information content (AvgIpc) is 3.12. The van der Waals surface area contributed by atoms with Gasteiger partial charge in [0.05, 0.1) is 0 Å². The number of rotatable bonds is 4. The lowest BCUT2D eigenvalue weighted by Gasteiger charge is -2.25. The van der Waals surface area contributed by atoms with E-state index in [0.29, 0.717) is 23.7 Å². The number of likely N-dealkylation sites (tertiary alicyclic amines) is 1. The Labute approximate surface area is 119 Å². The van der Waals surface area contributed by atoms with Gasteiger partial charge < -0.3 is 10.2 Å². The highest BCUT2D eigenvalue weighted by Gasteiger charge is 2.45. The highest BCUT2D eigenvalue weighted by atomic mass is 16.2. The van der Waals surface area contributed by atoms with E-state index in [1.165, 1.54) is 0 Å². The standard InChI is InChI=1S/C14H23N5O/c1-3-5-12-16-13(18-17-12)14(20)19-8-9-6-15-7-10(9)11(19)4-2/h9-11,15H,3-8H2,1-2H3,(H,16,17,18). The number of carbonyl (C=O) groups excluding carboxylic acids is 1. The molecule has 2 fully saturated rings.